The minimum atomic E-state index is -0.301. The van der Waals surface area contributed by atoms with Gasteiger partial charge in [-0.2, -0.15) is 0 Å². The van der Waals surface area contributed by atoms with Crippen molar-refractivity contribution in [2.75, 3.05) is 19.7 Å². The van der Waals surface area contributed by atoms with Crippen LogP contribution >= 0.6 is 11.3 Å². The van der Waals surface area contributed by atoms with Gasteiger partial charge in [-0.3, -0.25) is 9.69 Å². The lowest BCUT2D eigenvalue weighted by molar-refractivity contribution is -0.126. The van der Waals surface area contributed by atoms with Crippen LogP contribution in [0.15, 0.2) is 35.7 Å². The molecule has 2 N–H and O–H groups in total. The Morgan fingerprint density at radius 3 is 2.95 bits per heavy atom. The number of carbonyl (C=O) groups is 1. The van der Waals surface area contributed by atoms with E-state index in [0.29, 0.717) is 13.2 Å². The Morgan fingerprint density at radius 1 is 1.45 bits per heavy atom. The van der Waals surface area contributed by atoms with E-state index in [-0.39, 0.29) is 18.1 Å². The molecule has 3 rings (SSSR count). The largest absolute Gasteiger partial charge is 0.368 e. The Hall–Kier alpha value is -1.76. The van der Waals surface area contributed by atoms with Gasteiger partial charge in [0.15, 0.2) is 0 Å². The van der Waals surface area contributed by atoms with Crippen molar-refractivity contribution >= 4 is 17.2 Å². The maximum Gasteiger partial charge on any atom is 0.234 e. The smallest absolute Gasteiger partial charge is 0.234 e. The number of nitrogens with zero attached hydrogens (tertiary/aromatic N) is 2. The molecule has 1 amide bonds. The lowest BCUT2D eigenvalue weighted by Gasteiger charge is -2.34. The third kappa shape index (κ3) is 3.19. The molecular formula is C16H19N3O2S. The van der Waals surface area contributed by atoms with Gasteiger partial charge in [-0.05, 0) is 6.92 Å². The van der Waals surface area contributed by atoms with Crippen LogP contribution in [0.1, 0.15) is 18.0 Å². The first-order valence-corrected chi connectivity index (χ1v) is 8.19. The lowest BCUT2D eigenvalue weighted by atomic mass is 10.2. The molecule has 1 aliphatic heterocycles. The standard InChI is InChI=1S/C16H19N3O2S/c1-11(15(17)20)19-7-8-21-14(9-19)16-18-13(10-22-16)12-5-3-2-4-6-12/h2-6,10-11,14H,7-9H2,1H3,(H2,17,20)/t11-,14-/m0/s1. The Bertz CT molecular complexity index is 644. The van der Waals surface area contributed by atoms with Gasteiger partial charge in [0.2, 0.25) is 5.91 Å². The number of carbonyl (C=O) groups excluding carboxylic acids is 1. The molecule has 1 saturated heterocycles. The molecule has 0 spiro atoms. The Balaban J connectivity index is 1.74. The van der Waals surface area contributed by atoms with Gasteiger partial charge in [0.25, 0.3) is 0 Å². The molecule has 1 fully saturated rings. The van der Waals surface area contributed by atoms with Crippen LogP contribution in [-0.2, 0) is 9.53 Å². The van der Waals surface area contributed by atoms with Crippen molar-refractivity contribution in [3.8, 4) is 11.3 Å². The summed E-state index contributed by atoms with van der Waals surface area (Å²) in [6.07, 6.45) is -0.0991. The molecule has 0 radical (unpaired) electrons. The second-order valence-corrected chi connectivity index (χ2v) is 6.26. The van der Waals surface area contributed by atoms with Gasteiger partial charge in [-0.25, -0.2) is 4.98 Å². The first kappa shape index (κ1) is 15.1. The number of ether oxygens (including phenoxy) is 1. The molecule has 2 aromatic rings. The molecule has 0 aliphatic carbocycles. The summed E-state index contributed by atoms with van der Waals surface area (Å²) < 4.78 is 5.83. The van der Waals surface area contributed by atoms with Crippen LogP contribution in [0.4, 0.5) is 0 Å². The van der Waals surface area contributed by atoms with E-state index in [1.807, 2.05) is 42.6 Å². The highest BCUT2D eigenvalue weighted by Crippen LogP contribution is 2.29. The van der Waals surface area contributed by atoms with Crippen LogP contribution in [0.25, 0.3) is 11.3 Å². The van der Waals surface area contributed by atoms with Crippen molar-refractivity contribution in [2.45, 2.75) is 19.1 Å². The maximum atomic E-state index is 11.4. The van der Waals surface area contributed by atoms with E-state index in [4.69, 9.17) is 15.5 Å². The summed E-state index contributed by atoms with van der Waals surface area (Å²) in [6.45, 7) is 3.79. The highest BCUT2D eigenvalue weighted by atomic mass is 32.1. The van der Waals surface area contributed by atoms with Crippen LogP contribution < -0.4 is 5.73 Å². The number of thiazole rings is 1. The second kappa shape index (κ2) is 6.56. The van der Waals surface area contributed by atoms with Gasteiger partial charge < -0.3 is 10.5 Å². The fourth-order valence-electron chi connectivity index (χ4n) is 2.53. The average Bonchev–Trinajstić information content (AvgIpc) is 3.05. The van der Waals surface area contributed by atoms with Crippen molar-refractivity contribution in [3.63, 3.8) is 0 Å². The Morgan fingerprint density at radius 2 is 2.23 bits per heavy atom. The first-order chi connectivity index (χ1) is 10.6. The number of nitrogens with two attached hydrogens (primary N) is 1. The van der Waals surface area contributed by atoms with E-state index in [1.165, 1.54) is 0 Å². The Kier molecular flexibility index (Phi) is 4.52. The van der Waals surface area contributed by atoms with E-state index in [2.05, 4.69) is 4.90 Å². The normalized spacial score (nSPS) is 20.7. The van der Waals surface area contributed by atoms with Gasteiger partial charge in [-0.1, -0.05) is 30.3 Å². The highest BCUT2D eigenvalue weighted by Gasteiger charge is 2.29. The zero-order valence-corrected chi connectivity index (χ0v) is 13.3. The average molecular weight is 317 g/mol. The van der Waals surface area contributed by atoms with E-state index in [9.17, 15) is 4.79 Å². The number of benzene rings is 1. The molecule has 0 bridgehead atoms. The molecule has 1 aromatic carbocycles. The van der Waals surface area contributed by atoms with E-state index in [1.54, 1.807) is 11.3 Å². The zero-order valence-electron chi connectivity index (χ0n) is 12.4. The third-order valence-corrected chi connectivity index (χ3v) is 4.86. The first-order valence-electron chi connectivity index (χ1n) is 7.31. The predicted molar refractivity (Wildman–Crippen MR) is 86.5 cm³/mol. The van der Waals surface area contributed by atoms with Gasteiger partial charge in [0.1, 0.15) is 11.1 Å². The van der Waals surface area contributed by atoms with E-state index >= 15 is 0 Å². The van der Waals surface area contributed by atoms with Crippen molar-refractivity contribution < 1.29 is 9.53 Å². The number of rotatable bonds is 4. The van der Waals surface area contributed by atoms with Gasteiger partial charge in [-0.15, -0.1) is 11.3 Å². The Labute approximate surface area is 133 Å². The fraction of sp³-hybridized carbons (Fsp3) is 0.375. The van der Waals surface area contributed by atoms with Gasteiger partial charge >= 0.3 is 0 Å². The quantitative estimate of drug-likeness (QED) is 0.937. The second-order valence-electron chi connectivity index (χ2n) is 5.37. The molecule has 1 aromatic heterocycles. The molecule has 22 heavy (non-hydrogen) atoms. The van der Waals surface area contributed by atoms with Crippen molar-refractivity contribution in [1.29, 1.82) is 0 Å². The highest BCUT2D eigenvalue weighted by molar-refractivity contribution is 7.10. The molecule has 0 saturated carbocycles. The van der Waals surface area contributed by atoms with E-state index < -0.39 is 0 Å². The van der Waals surface area contributed by atoms with Crippen LogP contribution in [0.2, 0.25) is 0 Å². The number of hydrogen-bond donors (Lipinski definition) is 1. The number of amides is 1. The lowest BCUT2D eigenvalue weighted by Crippen LogP contribution is -2.48. The summed E-state index contributed by atoms with van der Waals surface area (Å²) in [6, 6.07) is 9.80. The zero-order chi connectivity index (χ0) is 15.5. The molecule has 2 heterocycles. The van der Waals surface area contributed by atoms with E-state index in [0.717, 1.165) is 22.8 Å². The number of aromatic nitrogens is 1. The molecule has 5 nitrogen and oxygen atoms in total. The topological polar surface area (TPSA) is 68.5 Å². The van der Waals surface area contributed by atoms with Crippen LogP contribution in [0.3, 0.4) is 0 Å². The summed E-state index contributed by atoms with van der Waals surface area (Å²) in [5.41, 5.74) is 7.46. The van der Waals surface area contributed by atoms with Gasteiger partial charge in [0.05, 0.1) is 18.3 Å². The maximum absolute atomic E-state index is 11.4. The summed E-state index contributed by atoms with van der Waals surface area (Å²) in [5.74, 6) is -0.301. The summed E-state index contributed by atoms with van der Waals surface area (Å²) in [5, 5.41) is 2.99. The van der Waals surface area contributed by atoms with Crippen molar-refractivity contribution in [1.82, 2.24) is 9.88 Å². The molecule has 1 aliphatic rings. The molecule has 116 valence electrons. The minimum Gasteiger partial charge on any atom is -0.368 e. The van der Waals surface area contributed by atoms with Crippen molar-refractivity contribution in [3.05, 3.63) is 40.7 Å². The van der Waals surface area contributed by atoms with Crippen molar-refractivity contribution in [2.24, 2.45) is 5.73 Å². The number of hydrogen-bond acceptors (Lipinski definition) is 5. The molecule has 6 heteroatoms. The monoisotopic (exact) mass is 317 g/mol. The third-order valence-electron chi connectivity index (χ3n) is 3.92. The summed E-state index contributed by atoms with van der Waals surface area (Å²) in [7, 11) is 0. The fourth-order valence-corrected chi connectivity index (χ4v) is 3.39. The van der Waals surface area contributed by atoms with Crippen LogP contribution in [0, 0.1) is 0 Å². The summed E-state index contributed by atoms with van der Waals surface area (Å²) >= 11 is 1.59. The SMILES string of the molecule is C[C@@H](C(N)=O)N1CCO[C@H](c2nc(-c3ccccc3)cs2)C1. The number of morpholine rings is 1. The molecule has 2 atom stereocenters. The summed E-state index contributed by atoms with van der Waals surface area (Å²) in [4.78, 5) is 18.1. The van der Waals surface area contributed by atoms with Crippen LogP contribution in [-0.4, -0.2) is 41.5 Å². The molecule has 0 unspecified atom stereocenters. The molecular weight excluding hydrogens is 298 g/mol. The van der Waals surface area contributed by atoms with Gasteiger partial charge in [0, 0.05) is 24.0 Å². The predicted octanol–water partition coefficient (Wildman–Crippen LogP) is 2.06. The number of primary amides is 1. The van der Waals surface area contributed by atoms with Crippen LogP contribution in [0.5, 0.6) is 0 Å². The minimum absolute atomic E-state index is 0.0991.